The summed E-state index contributed by atoms with van der Waals surface area (Å²) in [4.78, 5) is 0.900. The first kappa shape index (κ1) is 15.9. The average molecular weight is 319 g/mol. The van der Waals surface area contributed by atoms with Crippen LogP contribution in [0.5, 0.6) is 0 Å². The molecule has 1 atom stereocenters. The molecule has 2 heterocycles. The fourth-order valence-electron chi connectivity index (χ4n) is 2.49. The predicted molar refractivity (Wildman–Crippen MR) is 78.5 cm³/mol. The van der Waals surface area contributed by atoms with E-state index >= 15 is 0 Å². The van der Waals surface area contributed by atoms with Crippen LogP contribution in [0.1, 0.15) is 17.7 Å². The van der Waals surface area contributed by atoms with Crippen molar-refractivity contribution in [3.05, 3.63) is 17.0 Å². The maximum absolute atomic E-state index is 12.6. The van der Waals surface area contributed by atoms with Crippen molar-refractivity contribution in [2.75, 3.05) is 33.4 Å². The number of aliphatic hydroxyl groups is 1. The average Bonchev–Trinajstić information content (AvgIpc) is 2.89. The molecule has 0 radical (unpaired) electrons. The third-order valence-corrected chi connectivity index (χ3v) is 6.95. The van der Waals surface area contributed by atoms with Gasteiger partial charge in [0.2, 0.25) is 0 Å². The standard InChI is InChI=1S/C13H21NO4S2/c1-18-10-11-3-2-7-14(9-11)20(16,17)13-5-4-12(19-13)6-8-15/h4-5,11,15H,2-3,6-10H2,1H3. The van der Waals surface area contributed by atoms with Crippen LogP contribution in [0.15, 0.2) is 16.3 Å². The summed E-state index contributed by atoms with van der Waals surface area (Å²) in [7, 11) is -1.75. The van der Waals surface area contributed by atoms with E-state index in [0.717, 1.165) is 17.7 Å². The number of thiophene rings is 1. The van der Waals surface area contributed by atoms with Crippen molar-refractivity contribution in [3.63, 3.8) is 0 Å². The maximum atomic E-state index is 12.6. The Balaban J connectivity index is 2.12. The summed E-state index contributed by atoms with van der Waals surface area (Å²) in [5, 5.41) is 8.91. The van der Waals surface area contributed by atoms with Gasteiger partial charge in [0.15, 0.2) is 0 Å². The molecular formula is C13H21NO4S2. The SMILES string of the molecule is COCC1CCCN(S(=O)(=O)c2ccc(CCO)s2)C1. The van der Waals surface area contributed by atoms with Gasteiger partial charge in [-0.1, -0.05) is 0 Å². The van der Waals surface area contributed by atoms with Gasteiger partial charge in [-0.25, -0.2) is 8.42 Å². The van der Waals surface area contributed by atoms with E-state index in [4.69, 9.17) is 9.84 Å². The lowest BCUT2D eigenvalue weighted by Gasteiger charge is -2.31. The van der Waals surface area contributed by atoms with E-state index in [1.165, 1.54) is 11.3 Å². The number of ether oxygens (including phenoxy) is 1. The third kappa shape index (κ3) is 3.59. The number of sulfonamides is 1. The molecule has 0 spiro atoms. The minimum Gasteiger partial charge on any atom is -0.396 e. The summed E-state index contributed by atoms with van der Waals surface area (Å²) in [5.41, 5.74) is 0. The minimum absolute atomic E-state index is 0.0413. The van der Waals surface area contributed by atoms with E-state index in [-0.39, 0.29) is 12.5 Å². The molecule has 1 saturated heterocycles. The van der Waals surface area contributed by atoms with Gasteiger partial charge < -0.3 is 9.84 Å². The van der Waals surface area contributed by atoms with Crippen molar-refractivity contribution >= 4 is 21.4 Å². The normalized spacial score (nSPS) is 21.2. The van der Waals surface area contributed by atoms with Crippen LogP contribution >= 0.6 is 11.3 Å². The minimum atomic E-state index is -3.40. The number of rotatable bonds is 6. The molecule has 0 aliphatic carbocycles. The number of aliphatic hydroxyl groups excluding tert-OH is 1. The molecule has 0 bridgehead atoms. The van der Waals surface area contributed by atoms with Crippen LogP contribution in [0, 0.1) is 5.92 Å². The van der Waals surface area contributed by atoms with Gasteiger partial charge in [0.05, 0.1) is 6.61 Å². The van der Waals surface area contributed by atoms with Gasteiger partial charge in [0.25, 0.3) is 10.0 Å². The summed E-state index contributed by atoms with van der Waals surface area (Å²) >= 11 is 1.25. The highest BCUT2D eigenvalue weighted by atomic mass is 32.2. The number of hydrogen-bond acceptors (Lipinski definition) is 5. The van der Waals surface area contributed by atoms with Crippen LogP contribution < -0.4 is 0 Å². The lowest BCUT2D eigenvalue weighted by Crippen LogP contribution is -2.40. The molecule has 1 fully saturated rings. The first-order chi connectivity index (χ1) is 9.57. The summed E-state index contributed by atoms with van der Waals surface area (Å²) in [6.07, 6.45) is 2.40. The van der Waals surface area contributed by atoms with Gasteiger partial charge in [-0.3, -0.25) is 0 Å². The smallest absolute Gasteiger partial charge is 0.252 e. The Morgan fingerprint density at radius 2 is 2.30 bits per heavy atom. The monoisotopic (exact) mass is 319 g/mol. The fourth-order valence-corrected chi connectivity index (χ4v) is 5.54. The van der Waals surface area contributed by atoms with Gasteiger partial charge in [-0.2, -0.15) is 4.31 Å². The first-order valence-electron chi connectivity index (χ1n) is 6.76. The Morgan fingerprint density at radius 1 is 1.50 bits per heavy atom. The van der Waals surface area contributed by atoms with Gasteiger partial charge in [-0.15, -0.1) is 11.3 Å². The Labute approximate surface area is 124 Å². The van der Waals surface area contributed by atoms with E-state index in [9.17, 15) is 8.42 Å². The van der Waals surface area contributed by atoms with Crippen molar-refractivity contribution in [2.24, 2.45) is 5.92 Å². The second-order valence-electron chi connectivity index (χ2n) is 5.02. The van der Waals surface area contributed by atoms with Crippen molar-refractivity contribution < 1.29 is 18.3 Å². The molecule has 1 aromatic rings. The molecule has 114 valence electrons. The lowest BCUT2D eigenvalue weighted by atomic mass is 10.0. The van der Waals surface area contributed by atoms with Gasteiger partial charge >= 0.3 is 0 Å². The Bertz CT molecular complexity index is 524. The van der Waals surface area contributed by atoms with Crippen LogP contribution in [0.4, 0.5) is 0 Å². The van der Waals surface area contributed by atoms with Gasteiger partial charge in [0.1, 0.15) is 4.21 Å². The second-order valence-corrected chi connectivity index (χ2v) is 8.35. The highest BCUT2D eigenvalue weighted by Gasteiger charge is 2.31. The number of methoxy groups -OCH3 is 1. The van der Waals surface area contributed by atoms with Gasteiger partial charge in [-0.05, 0) is 30.9 Å². The largest absolute Gasteiger partial charge is 0.396 e. The molecule has 2 rings (SSSR count). The van der Waals surface area contributed by atoms with Crippen LogP contribution in [0.3, 0.4) is 0 Å². The Morgan fingerprint density at radius 3 is 3.00 bits per heavy atom. The van der Waals surface area contributed by atoms with E-state index < -0.39 is 10.0 Å². The van der Waals surface area contributed by atoms with Crippen molar-refractivity contribution in [1.29, 1.82) is 0 Å². The van der Waals surface area contributed by atoms with Crippen LogP contribution in [0.25, 0.3) is 0 Å². The zero-order chi connectivity index (χ0) is 14.6. The molecule has 1 aromatic heterocycles. The molecule has 0 aromatic carbocycles. The number of nitrogens with zero attached hydrogens (tertiary/aromatic N) is 1. The molecule has 1 unspecified atom stereocenters. The Hall–Kier alpha value is -0.470. The molecule has 0 amide bonds. The van der Waals surface area contributed by atoms with Crippen LogP contribution in [-0.2, 0) is 21.2 Å². The van der Waals surface area contributed by atoms with Crippen molar-refractivity contribution in [1.82, 2.24) is 4.31 Å². The third-order valence-electron chi connectivity index (χ3n) is 3.47. The topological polar surface area (TPSA) is 66.8 Å². The zero-order valence-electron chi connectivity index (χ0n) is 11.6. The highest BCUT2D eigenvalue weighted by Crippen LogP contribution is 2.28. The van der Waals surface area contributed by atoms with Crippen LogP contribution in [-0.4, -0.2) is 51.2 Å². The molecule has 7 heteroatoms. The highest BCUT2D eigenvalue weighted by molar-refractivity contribution is 7.91. The van der Waals surface area contributed by atoms with E-state index in [1.807, 2.05) is 0 Å². The van der Waals surface area contributed by atoms with E-state index in [1.54, 1.807) is 23.5 Å². The molecule has 20 heavy (non-hydrogen) atoms. The van der Waals surface area contributed by atoms with Crippen LogP contribution in [0.2, 0.25) is 0 Å². The predicted octanol–water partition coefficient (Wildman–Crippen LogP) is 1.33. The van der Waals surface area contributed by atoms with E-state index in [2.05, 4.69) is 0 Å². The molecule has 1 aliphatic rings. The zero-order valence-corrected chi connectivity index (χ0v) is 13.3. The second kappa shape index (κ2) is 7.00. The molecule has 0 saturated carbocycles. The van der Waals surface area contributed by atoms with Crippen molar-refractivity contribution in [3.8, 4) is 0 Å². The first-order valence-corrected chi connectivity index (χ1v) is 9.02. The quantitative estimate of drug-likeness (QED) is 0.859. The summed E-state index contributed by atoms with van der Waals surface area (Å²) < 4.78 is 32.3. The van der Waals surface area contributed by atoms with E-state index in [0.29, 0.717) is 30.3 Å². The number of piperidine rings is 1. The van der Waals surface area contributed by atoms with Crippen molar-refractivity contribution in [2.45, 2.75) is 23.5 Å². The number of hydrogen-bond donors (Lipinski definition) is 1. The molecule has 1 N–H and O–H groups in total. The molecule has 1 aliphatic heterocycles. The maximum Gasteiger partial charge on any atom is 0.252 e. The Kier molecular flexibility index (Phi) is 5.57. The summed E-state index contributed by atoms with van der Waals surface area (Å²) in [5.74, 6) is 0.278. The van der Waals surface area contributed by atoms with Gasteiger partial charge in [0, 0.05) is 38.1 Å². The lowest BCUT2D eigenvalue weighted by molar-refractivity contribution is 0.118. The fraction of sp³-hybridized carbons (Fsp3) is 0.692. The molecule has 5 nitrogen and oxygen atoms in total. The molecular weight excluding hydrogens is 298 g/mol. The summed E-state index contributed by atoms with van der Waals surface area (Å²) in [6.45, 7) is 1.75. The summed E-state index contributed by atoms with van der Waals surface area (Å²) in [6, 6.07) is 3.43.